The number of halogens is 2. The molecule has 1 atom stereocenters. The molecule has 0 aromatic heterocycles. The van der Waals surface area contributed by atoms with E-state index in [2.05, 4.69) is 0 Å². The van der Waals surface area contributed by atoms with Gasteiger partial charge in [0.1, 0.15) is 11.6 Å². The first-order valence-electron chi connectivity index (χ1n) is 5.48. The highest BCUT2D eigenvalue weighted by atomic mass is 19.1. The zero-order valence-corrected chi connectivity index (χ0v) is 8.92. The monoisotopic (exact) mass is 224 g/mol. The van der Waals surface area contributed by atoms with Gasteiger partial charge in [-0.25, -0.2) is 8.78 Å². The van der Waals surface area contributed by atoms with Crippen LogP contribution in [0.4, 0.5) is 8.78 Å². The molecule has 1 aliphatic carbocycles. The summed E-state index contributed by atoms with van der Waals surface area (Å²) < 4.78 is 26.4. The third kappa shape index (κ3) is 2.14. The van der Waals surface area contributed by atoms with E-state index in [9.17, 15) is 13.9 Å². The lowest BCUT2D eigenvalue weighted by atomic mass is 9.84. The standard InChI is InChI=1S/C13H14F2O/c14-10-5-6-12(13(15)7-10)11-4-2-1-3-9(11)8-16/h4-7,9,16H,1-3,8H2. The number of hydrogen-bond acceptors (Lipinski definition) is 1. The normalized spacial score (nSPS) is 20.7. The number of allylic oxidation sites excluding steroid dienone is 1. The van der Waals surface area contributed by atoms with Crippen molar-refractivity contribution in [1.82, 2.24) is 0 Å². The van der Waals surface area contributed by atoms with Crippen LogP contribution in [0.5, 0.6) is 0 Å². The third-order valence-electron chi connectivity index (χ3n) is 3.02. The zero-order chi connectivity index (χ0) is 11.5. The smallest absolute Gasteiger partial charge is 0.133 e. The van der Waals surface area contributed by atoms with Gasteiger partial charge in [0.25, 0.3) is 0 Å². The van der Waals surface area contributed by atoms with Crippen LogP contribution in [-0.2, 0) is 0 Å². The van der Waals surface area contributed by atoms with E-state index >= 15 is 0 Å². The number of hydrogen-bond donors (Lipinski definition) is 1. The maximum absolute atomic E-state index is 13.6. The second kappa shape index (κ2) is 4.74. The van der Waals surface area contributed by atoms with Gasteiger partial charge >= 0.3 is 0 Å². The predicted molar refractivity (Wildman–Crippen MR) is 58.8 cm³/mol. The minimum Gasteiger partial charge on any atom is -0.396 e. The van der Waals surface area contributed by atoms with Crippen molar-refractivity contribution in [2.75, 3.05) is 6.61 Å². The molecule has 16 heavy (non-hydrogen) atoms. The van der Waals surface area contributed by atoms with Gasteiger partial charge in [-0.15, -0.1) is 0 Å². The molecule has 0 fully saturated rings. The fourth-order valence-corrected chi connectivity index (χ4v) is 2.19. The van der Waals surface area contributed by atoms with E-state index in [1.54, 1.807) is 0 Å². The molecular formula is C13H14F2O. The van der Waals surface area contributed by atoms with Gasteiger partial charge < -0.3 is 5.11 Å². The molecule has 0 saturated heterocycles. The van der Waals surface area contributed by atoms with E-state index in [0.717, 1.165) is 30.9 Å². The third-order valence-corrected chi connectivity index (χ3v) is 3.02. The Morgan fingerprint density at radius 2 is 2.12 bits per heavy atom. The Kier molecular flexibility index (Phi) is 3.34. The molecular weight excluding hydrogens is 210 g/mol. The molecule has 1 nitrogen and oxygen atoms in total. The van der Waals surface area contributed by atoms with Gasteiger partial charge in [0.2, 0.25) is 0 Å². The van der Waals surface area contributed by atoms with Crippen LogP contribution in [0.3, 0.4) is 0 Å². The van der Waals surface area contributed by atoms with Crippen molar-refractivity contribution in [1.29, 1.82) is 0 Å². The lowest BCUT2D eigenvalue weighted by Gasteiger charge is -2.23. The van der Waals surface area contributed by atoms with Crippen molar-refractivity contribution in [2.24, 2.45) is 5.92 Å². The zero-order valence-electron chi connectivity index (χ0n) is 8.92. The second-order valence-electron chi connectivity index (χ2n) is 4.09. The number of aliphatic hydroxyl groups is 1. The molecule has 1 aliphatic rings. The Morgan fingerprint density at radius 3 is 2.81 bits per heavy atom. The molecule has 1 unspecified atom stereocenters. The van der Waals surface area contributed by atoms with Crippen LogP contribution in [0.1, 0.15) is 24.8 Å². The van der Waals surface area contributed by atoms with Crippen molar-refractivity contribution >= 4 is 5.57 Å². The van der Waals surface area contributed by atoms with Crippen LogP contribution < -0.4 is 0 Å². The summed E-state index contributed by atoms with van der Waals surface area (Å²) in [5.74, 6) is -1.14. The maximum Gasteiger partial charge on any atom is 0.133 e. The molecule has 0 amide bonds. The Labute approximate surface area is 93.4 Å². The maximum atomic E-state index is 13.6. The molecule has 0 spiro atoms. The topological polar surface area (TPSA) is 20.2 Å². The Balaban J connectivity index is 2.38. The molecule has 2 rings (SSSR count). The fourth-order valence-electron chi connectivity index (χ4n) is 2.19. The van der Waals surface area contributed by atoms with E-state index in [0.29, 0.717) is 5.56 Å². The molecule has 3 heteroatoms. The number of aliphatic hydroxyl groups excluding tert-OH is 1. The molecule has 1 N–H and O–H groups in total. The van der Waals surface area contributed by atoms with Crippen LogP contribution in [0, 0.1) is 17.6 Å². The summed E-state index contributed by atoms with van der Waals surface area (Å²) in [6, 6.07) is 3.59. The van der Waals surface area contributed by atoms with Crippen LogP contribution in [0.15, 0.2) is 24.3 Å². The summed E-state index contributed by atoms with van der Waals surface area (Å²) in [4.78, 5) is 0. The molecule has 0 radical (unpaired) electrons. The lowest BCUT2D eigenvalue weighted by molar-refractivity contribution is 0.246. The summed E-state index contributed by atoms with van der Waals surface area (Å²) in [5, 5.41) is 9.23. The first kappa shape index (κ1) is 11.3. The van der Waals surface area contributed by atoms with Crippen molar-refractivity contribution in [3.63, 3.8) is 0 Å². The van der Waals surface area contributed by atoms with Gasteiger partial charge in [-0.3, -0.25) is 0 Å². The fraction of sp³-hybridized carbons (Fsp3) is 0.385. The molecule has 0 aliphatic heterocycles. The summed E-state index contributed by atoms with van der Waals surface area (Å²) in [6.07, 6.45) is 4.71. The van der Waals surface area contributed by atoms with Crippen LogP contribution >= 0.6 is 0 Å². The Hall–Kier alpha value is -1.22. The first-order chi connectivity index (χ1) is 7.72. The molecule has 0 bridgehead atoms. The van der Waals surface area contributed by atoms with Gasteiger partial charge in [-0.05, 0) is 37.0 Å². The lowest BCUT2D eigenvalue weighted by Crippen LogP contribution is -2.13. The minimum atomic E-state index is -0.571. The highest BCUT2D eigenvalue weighted by Gasteiger charge is 2.20. The quantitative estimate of drug-likeness (QED) is 0.818. The van der Waals surface area contributed by atoms with Gasteiger partial charge in [-0.1, -0.05) is 6.08 Å². The summed E-state index contributed by atoms with van der Waals surface area (Å²) >= 11 is 0. The van der Waals surface area contributed by atoms with Gasteiger partial charge in [0, 0.05) is 24.2 Å². The number of benzene rings is 1. The molecule has 0 saturated carbocycles. The largest absolute Gasteiger partial charge is 0.396 e. The molecule has 0 heterocycles. The van der Waals surface area contributed by atoms with Gasteiger partial charge in [-0.2, -0.15) is 0 Å². The van der Waals surface area contributed by atoms with E-state index < -0.39 is 11.6 Å². The summed E-state index contributed by atoms with van der Waals surface area (Å²) in [5.41, 5.74) is 1.23. The highest BCUT2D eigenvalue weighted by Crippen LogP contribution is 2.33. The van der Waals surface area contributed by atoms with E-state index in [4.69, 9.17) is 0 Å². The van der Waals surface area contributed by atoms with Crippen LogP contribution in [0.2, 0.25) is 0 Å². The van der Waals surface area contributed by atoms with E-state index in [1.165, 1.54) is 12.1 Å². The van der Waals surface area contributed by atoms with Gasteiger partial charge in [0.05, 0.1) is 0 Å². The Bertz CT molecular complexity index is 412. The molecule has 86 valence electrons. The second-order valence-corrected chi connectivity index (χ2v) is 4.09. The summed E-state index contributed by atoms with van der Waals surface area (Å²) in [6.45, 7) is 0.0165. The molecule has 1 aromatic rings. The minimum absolute atomic E-state index is 0.0165. The number of rotatable bonds is 2. The van der Waals surface area contributed by atoms with Crippen molar-refractivity contribution in [3.05, 3.63) is 41.5 Å². The summed E-state index contributed by atoms with van der Waals surface area (Å²) in [7, 11) is 0. The van der Waals surface area contributed by atoms with Crippen LogP contribution in [-0.4, -0.2) is 11.7 Å². The SMILES string of the molecule is OCC1CCCC=C1c1ccc(F)cc1F. The predicted octanol–water partition coefficient (Wildman–Crippen LogP) is 3.14. The van der Waals surface area contributed by atoms with Crippen molar-refractivity contribution < 1.29 is 13.9 Å². The Morgan fingerprint density at radius 1 is 1.31 bits per heavy atom. The van der Waals surface area contributed by atoms with Crippen molar-refractivity contribution in [3.8, 4) is 0 Å². The van der Waals surface area contributed by atoms with Gasteiger partial charge in [0.15, 0.2) is 0 Å². The van der Waals surface area contributed by atoms with Crippen LogP contribution in [0.25, 0.3) is 5.57 Å². The average molecular weight is 224 g/mol. The molecule has 1 aromatic carbocycles. The first-order valence-corrected chi connectivity index (χ1v) is 5.48. The van der Waals surface area contributed by atoms with E-state index in [-0.39, 0.29) is 12.5 Å². The highest BCUT2D eigenvalue weighted by molar-refractivity contribution is 5.68. The average Bonchev–Trinajstić information content (AvgIpc) is 2.29. The van der Waals surface area contributed by atoms with Crippen molar-refractivity contribution in [2.45, 2.75) is 19.3 Å². The van der Waals surface area contributed by atoms with E-state index in [1.807, 2.05) is 6.08 Å².